The molecule has 0 saturated heterocycles. The van der Waals surface area contributed by atoms with E-state index in [9.17, 15) is 0 Å². The van der Waals surface area contributed by atoms with Gasteiger partial charge < -0.3 is 4.90 Å². The van der Waals surface area contributed by atoms with Crippen LogP contribution in [0, 0.1) is 5.92 Å². The first kappa shape index (κ1) is 33.0. The third-order valence-corrected chi connectivity index (χ3v) is 7.94. The first-order valence-corrected chi connectivity index (χ1v) is 15.8. The average molecular weight is 466 g/mol. The van der Waals surface area contributed by atoms with Crippen LogP contribution in [0.4, 0.5) is 0 Å². The molecule has 2 unspecified atom stereocenters. The van der Waals surface area contributed by atoms with Crippen LogP contribution in [0.2, 0.25) is 0 Å². The molecule has 0 aliphatic carbocycles. The summed E-state index contributed by atoms with van der Waals surface area (Å²) in [7, 11) is 4.62. The Hall–Kier alpha value is -0.0400. The van der Waals surface area contributed by atoms with Crippen LogP contribution in [0.3, 0.4) is 0 Å². The molecule has 200 valence electrons. The molecule has 0 spiro atoms. The van der Waals surface area contributed by atoms with Crippen molar-refractivity contribution in [3.05, 3.63) is 0 Å². The van der Waals surface area contributed by atoms with Crippen LogP contribution in [-0.4, -0.2) is 25.0 Å². The van der Waals surface area contributed by atoms with Crippen LogP contribution in [0.1, 0.15) is 181 Å². The molecule has 0 aromatic rings. The van der Waals surface area contributed by atoms with Gasteiger partial charge in [-0.1, -0.05) is 168 Å². The first-order chi connectivity index (χ1) is 16.1. The van der Waals surface area contributed by atoms with Gasteiger partial charge in [0.25, 0.3) is 0 Å². The molecular formula is C32H67N. The van der Waals surface area contributed by atoms with Crippen molar-refractivity contribution in [2.75, 3.05) is 14.1 Å². The highest BCUT2D eigenvalue weighted by Crippen LogP contribution is 2.23. The summed E-state index contributed by atoms with van der Waals surface area (Å²) in [6.07, 6.45) is 36.3. The van der Waals surface area contributed by atoms with Gasteiger partial charge in [-0.05, 0) is 32.9 Å². The first-order valence-electron chi connectivity index (χ1n) is 15.8. The van der Waals surface area contributed by atoms with Crippen molar-refractivity contribution in [1.82, 2.24) is 4.90 Å². The number of nitrogens with zero attached hydrogens (tertiary/aromatic N) is 1. The minimum absolute atomic E-state index is 0.788. The van der Waals surface area contributed by atoms with Crippen molar-refractivity contribution in [3.8, 4) is 0 Å². The van der Waals surface area contributed by atoms with Gasteiger partial charge in [-0.25, -0.2) is 0 Å². The zero-order valence-corrected chi connectivity index (χ0v) is 24.3. The highest BCUT2D eigenvalue weighted by molar-refractivity contribution is 4.73. The van der Waals surface area contributed by atoms with Gasteiger partial charge in [0.15, 0.2) is 0 Å². The number of hydrogen-bond donors (Lipinski definition) is 0. The Kier molecular flexibility index (Phi) is 26.5. The SMILES string of the molecule is CCCCCCCCCCCCCCC(C(C)CCCCCCCCCCCCC)N(C)C. The zero-order valence-electron chi connectivity index (χ0n) is 24.3. The fourth-order valence-electron chi connectivity index (χ4n) is 5.57. The molecule has 0 aromatic heterocycles. The summed E-state index contributed by atoms with van der Waals surface area (Å²) in [5.41, 5.74) is 0. The predicted octanol–water partition coefficient (Wildman–Crippen LogP) is 11.3. The van der Waals surface area contributed by atoms with Crippen molar-refractivity contribution >= 4 is 0 Å². The molecule has 0 aliphatic heterocycles. The maximum Gasteiger partial charge on any atom is 0.0115 e. The van der Waals surface area contributed by atoms with Crippen molar-refractivity contribution in [1.29, 1.82) is 0 Å². The summed E-state index contributed by atoms with van der Waals surface area (Å²) in [5, 5.41) is 0. The molecule has 33 heavy (non-hydrogen) atoms. The molecule has 0 aromatic carbocycles. The quantitative estimate of drug-likeness (QED) is 0.109. The van der Waals surface area contributed by atoms with E-state index in [1.165, 1.54) is 161 Å². The van der Waals surface area contributed by atoms with Crippen LogP contribution in [-0.2, 0) is 0 Å². The number of unbranched alkanes of at least 4 members (excludes halogenated alkanes) is 21. The lowest BCUT2D eigenvalue weighted by Crippen LogP contribution is -2.34. The van der Waals surface area contributed by atoms with Crippen LogP contribution in [0.15, 0.2) is 0 Å². The molecule has 0 saturated carbocycles. The van der Waals surface area contributed by atoms with E-state index in [0.717, 1.165) is 12.0 Å². The van der Waals surface area contributed by atoms with Gasteiger partial charge in [0, 0.05) is 6.04 Å². The van der Waals surface area contributed by atoms with Crippen molar-refractivity contribution in [2.24, 2.45) is 5.92 Å². The van der Waals surface area contributed by atoms with Gasteiger partial charge in [-0.2, -0.15) is 0 Å². The summed E-state index contributed by atoms with van der Waals surface area (Å²) >= 11 is 0. The van der Waals surface area contributed by atoms with Crippen molar-refractivity contribution in [2.45, 2.75) is 187 Å². The minimum Gasteiger partial charge on any atom is -0.306 e. The monoisotopic (exact) mass is 466 g/mol. The van der Waals surface area contributed by atoms with Crippen LogP contribution in [0.5, 0.6) is 0 Å². The topological polar surface area (TPSA) is 3.24 Å². The van der Waals surface area contributed by atoms with Crippen LogP contribution < -0.4 is 0 Å². The maximum absolute atomic E-state index is 2.52. The third-order valence-electron chi connectivity index (χ3n) is 7.94. The lowest BCUT2D eigenvalue weighted by molar-refractivity contribution is 0.192. The predicted molar refractivity (Wildman–Crippen MR) is 153 cm³/mol. The Morgan fingerprint density at radius 1 is 0.394 bits per heavy atom. The molecule has 0 rings (SSSR count). The summed E-state index contributed by atoms with van der Waals surface area (Å²) in [6.45, 7) is 7.13. The summed E-state index contributed by atoms with van der Waals surface area (Å²) in [4.78, 5) is 2.52. The van der Waals surface area contributed by atoms with Gasteiger partial charge in [0.05, 0.1) is 0 Å². The second kappa shape index (κ2) is 26.6. The van der Waals surface area contributed by atoms with Gasteiger partial charge in [0.2, 0.25) is 0 Å². The molecule has 0 heterocycles. The van der Waals surface area contributed by atoms with Crippen LogP contribution >= 0.6 is 0 Å². The fourth-order valence-corrected chi connectivity index (χ4v) is 5.57. The smallest absolute Gasteiger partial charge is 0.0115 e. The van der Waals surface area contributed by atoms with E-state index in [2.05, 4.69) is 39.8 Å². The van der Waals surface area contributed by atoms with Gasteiger partial charge in [-0.15, -0.1) is 0 Å². The van der Waals surface area contributed by atoms with E-state index < -0.39 is 0 Å². The molecule has 0 amide bonds. The molecular weight excluding hydrogens is 398 g/mol. The van der Waals surface area contributed by atoms with Crippen molar-refractivity contribution < 1.29 is 0 Å². The molecule has 0 radical (unpaired) electrons. The maximum atomic E-state index is 2.52. The summed E-state index contributed by atoms with van der Waals surface area (Å²) in [6, 6.07) is 0.788. The molecule has 0 fully saturated rings. The molecule has 1 heteroatoms. The van der Waals surface area contributed by atoms with Crippen molar-refractivity contribution in [3.63, 3.8) is 0 Å². The highest BCUT2D eigenvalue weighted by atomic mass is 15.1. The lowest BCUT2D eigenvalue weighted by Gasteiger charge is -2.30. The molecule has 0 aliphatic rings. The normalized spacial score (nSPS) is 13.6. The second-order valence-corrected chi connectivity index (χ2v) is 11.5. The zero-order chi connectivity index (χ0) is 24.4. The van der Waals surface area contributed by atoms with E-state index in [4.69, 9.17) is 0 Å². The lowest BCUT2D eigenvalue weighted by atomic mass is 9.90. The third kappa shape index (κ3) is 23.5. The van der Waals surface area contributed by atoms with E-state index in [-0.39, 0.29) is 0 Å². The highest BCUT2D eigenvalue weighted by Gasteiger charge is 2.18. The van der Waals surface area contributed by atoms with E-state index in [1.807, 2.05) is 0 Å². The Labute approximate surface area is 212 Å². The molecule has 0 bridgehead atoms. The summed E-state index contributed by atoms with van der Waals surface area (Å²) in [5.74, 6) is 0.853. The Balaban J connectivity index is 3.58. The Morgan fingerprint density at radius 2 is 0.667 bits per heavy atom. The van der Waals surface area contributed by atoms with E-state index in [0.29, 0.717) is 0 Å². The molecule has 1 nitrogen and oxygen atoms in total. The summed E-state index contributed by atoms with van der Waals surface area (Å²) < 4.78 is 0. The van der Waals surface area contributed by atoms with Gasteiger partial charge >= 0.3 is 0 Å². The van der Waals surface area contributed by atoms with Gasteiger partial charge in [0.1, 0.15) is 0 Å². The average Bonchev–Trinajstić information content (AvgIpc) is 2.80. The second-order valence-electron chi connectivity index (χ2n) is 11.5. The standard InChI is InChI=1S/C32H67N/c1-6-8-10-12-14-16-18-20-22-24-26-28-30-32(33(4)5)31(3)29-27-25-23-21-19-17-15-13-11-9-7-2/h31-32H,6-30H2,1-5H3. The molecule has 2 atom stereocenters. The minimum atomic E-state index is 0.788. The van der Waals surface area contributed by atoms with Crippen LogP contribution in [0.25, 0.3) is 0 Å². The van der Waals surface area contributed by atoms with E-state index >= 15 is 0 Å². The Bertz CT molecular complexity index is 350. The Morgan fingerprint density at radius 3 is 0.970 bits per heavy atom. The number of hydrogen-bond acceptors (Lipinski definition) is 1. The largest absolute Gasteiger partial charge is 0.306 e. The number of rotatable bonds is 27. The van der Waals surface area contributed by atoms with E-state index in [1.54, 1.807) is 0 Å². The van der Waals surface area contributed by atoms with Gasteiger partial charge in [-0.3, -0.25) is 0 Å². The molecule has 0 N–H and O–H groups in total. The fraction of sp³-hybridized carbons (Fsp3) is 1.00.